The summed E-state index contributed by atoms with van der Waals surface area (Å²) in [6.07, 6.45) is 7.05. The molecule has 4 atom stereocenters. The maximum absolute atomic E-state index is 11.9. The second kappa shape index (κ2) is 10.3. The Morgan fingerprint density at radius 2 is 1.95 bits per heavy atom. The third-order valence-corrected chi connectivity index (χ3v) is 14.3. The van der Waals surface area contributed by atoms with Gasteiger partial charge >= 0.3 is 0 Å². The van der Waals surface area contributed by atoms with Crippen molar-refractivity contribution in [2.24, 2.45) is 11.1 Å². The predicted octanol–water partition coefficient (Wildman–Crippen LogP) is 4.46. The lowest BCUT2D eigenvalue weighted by atomic mass is 10.1. The highest BCUT2D eigenvalue weighted by Gasteiger charge is 2.45. The summed E-state index contributed by atoms with van der Waals surface area (Å²) in [4.78, 5) is 9.25. The van der Waals surface area contributed by atoms with Gasteiger partial charge in [0.15, 0.2) is 8.32 Å². The van der Waals surface area contributed by atoms with Crippen molar-refractivity contribution >= 4 is 43.4 Å². The maximum atomic E-state index is 11.9. The lowest BCUT2D eigenvalue weighted by Crippen LogP contribution is -2.47. The Bertz CT molecular complexity index is 1460. The molecule has 208 valence electrons. The number of rotatable bonds is 8. The number of hydrogen-bond acceptors (Lipinski definition) is 6. The van der Waals surface area contributed by atoms with Gasteiger partial charge in [-0.3, -0.25) is 0 Å². The molecule has 9 nitrogen and oxygen atoms in total. The molecule has 0 aliphatic heterocycles. The molecule has 39 heavy (non-hydrogen) atoms. The van der Waals surface area contributed by atoms with Crippen LogP contribution in [0.25, 0.3) is 11.0 Å². The average Bonchev–Trinajstić information content (AvgIpc) is 3.55. The molecule has 2 radical (unpaired) electrons. The van der Waals surface area contributed by atoms with Gasteiger partial charge in [-0.2, -0.15) is 8.42 Å². The Morgan fingerprint density at radius 1 is 1.21 bits per heavy atom. The van der Waals surface area contributed by atoms with Crippen LogP contribution in [0.3, 0.4) is 0 Å². The van der Waals surface area contributed by atoms with E-state index in [1.807, 2.05) is 0 Å². The normalized spacial score (nSPS) is 24.0. The summed E-state index contributed by atoms with van der Waals surface area (Å²) in [5.74, 6) is 0.728. The third kappa shape index (κ3) is 5.67. The van der Waals surface area contributed by atoms with Crippen LogP contribution in [-0.4, -0.2) is 56.1 Å². The highest BCUT2D eigenvalue weighted by molar-refractivity contribution is 7.87. The summed E-state index contributed by atoms with van der Waals surface area (Å²) in [5.41, 5.74) is 3.57. The van der Waals surface area contributed by atoms with Gasteiger partial charge in [0.25, 0.3) is 10.2 Å². The zero-order chi connectivity index (χ0) is 28.2. The van der Waals surface area contributed by atoms with E-state index in [4.69, 9.17) is 17.5 Å². The Labute approximate surface area is 234 Å². The molecule has 1 fully saturated rings. The summed E-state index contributed by atoms with van der Waals surface area (Å²) in [5, 5.41) is 9.98. The number of anilines is 1. The van der Waals surface area contributed by atoms with Crippen LogP contribution in [0.2, 0.25) is 18.1 Å². The van der Waals surface area contributed by atoms with Crippen molar-refractivity contribution in [3.05, 3.63) is 54.0 Å². The molecule has 5 rings (SSSR count). The highest BCUT2D eigenvalue weighted by atomic mass is 32.2. The van der Waals surface area contributed by atoms with Gasteiger partial charge in [0, 0.05) is 18.8 Å². The monoisotopic (exact) mass is 566 g/mol. The number of aryl methyl sites for hydroxylation is 1. The van der Waals surface area contributed by atoms with Crippen LogP contribution in [0.4, 0.5) is 5.82 Å². The average molecular weight is 567 g/mol. The van der Waals surface area contributed by atoms with E-state index in [-0.39, 0.29) is 35.7 Å². The van der Waals surface area contributed by atoms with Crippen molar-refractivity contribution in [1.82, 2.24) is 18.8 Å². The molecule has 1 unspecified atom stereocenters. The minimum absolute atomic E-state index is 0.0186. The molecule has 12 heteroatoms. The molecule has 1 saturated carbocycles. The van der Waals surface area contributed by atoms with Gasteiger partial charge in [-0.25, -0.2) is 19.3 Å². The summed E-state index contributed by atoms with van der Waals surface area (Å²) >= 11 is 0. The van der Waals surface area contributed by atoms with E-state index in [2.05, 4.69) is 90.2 Å². The Balaban J connectivity index is 1.42. The Morgan fingerprint density at radius 3 is 2.67 bits per heavy atom. The second-order valence-corrected chi connectivity index (χ2v) is 18.8. The van der Waals surface area contributed by atoms with Crippen molar-refractivity contribution in [3.8, 4) is 0 Å². The molecule has 2 aromatic heterocycles. The van der Waals surface area contributed by atoms with Gasteiger partial charge in [-0.15, -0.1) is 0 Å². The lowest BCUT2D eigenvalue weighted by Gasteiger charge is -2.40. The quantitative estimate of drug-likeness (QED) is 0.389. The predicted molar refractivity (Wildman–Crippen MR) is 158 cm³/mol. The van der Waals surface area contributed by atoms with E-state index in [9.17, 15) is 8.42 Å². The van der Waals surface area contributed by atoms with E-state index < -0.39 is 18.5 Å². The molecular formula is C27H39BN6O3SSi. The van der Waals surface area contributed by atoms with Crippen LogP contribution in [0.1, 0.15) is 63.2 Å². The first kappa shape index (κ1) is 28.3. The van der Waals surface area contributed by atoms with E-state index in [1.54, 1.807) is 6.33 Å². The number of fused-ring (bicyclic) bond motifs is 2. The van der Waals surface area contributed by atoms with Crippen LogP contribution in [0, 0.1) is 5.92 Å². The SMILES string of the molecule is [B]N(C[C@@H]1C[C@@H](n2ccc3c(NC4CCc5ccccc54)ncnc32)C[C@@H]1O[Si](C)(C)C(C)(C)C)S(N)(=O)=O. The lowest BCUT2D eigenvalue weighted by molar-refractivity contribution is 0.135. The maximum Gasteiger partial charge on any atom is 0.265 e. The van der Waals surface area contributed by atoms with Gasteiger partial charge in [-0.1, -0.05) is 45.0 Å². The highest BCUT2D eigenvalue weighted by Crippen LogP contribution is 2.45. The zero-order valence-corrected chi connectivity index (χ0v) is 25.3. The van der Waals surface area contributed by atoms with Crippen LogP contribution in [0.15, 0.2) is 42.9 Å². The number of nitrogens with one attached hydrogen (secondary N) is 1. The van der Waals surface area contributed by atoms with Crippen molar-refractivity contribution in [3.63, 3.8) is 0 Å². The molecule has 0 amide bonds. The summed E-state index contributed by atoms with van der Waals surface area (Å²) in [6, 6.07) is 10.9. The van der Waals surface area contributed by atoms with Crippen molar-refractivity contribution in [2.45, 2.75) is 82.8 Å². The van der Waals surface area contributed by atoms with E-state index in [0.717, 1.165) is 40.3 Å². The van der Waals surface area contributed by atoms with Crippen molar-refractivity contribution < 1.29 is 12.8 Å². The smallest absolute Gasteiger partial charge is 0.265 e. The van der Waals surface area contributed by atoms with Crippen LogP contribution < -0.4 is 10.5 Å². The molecule has 3 N–H and O–H groups in total. The Kier molecular flexibility index (Phi) is 7.47. The van der Waals surface area contributed by atoms with Crippen molar-refractivity contribution in [1.29, 1.82) is 0 Å². The number of hydrogen-bond donors (Lipinski definition) is 2. The van der Waals surface area contributed by atoms with Gasteiger partial charge in [0.05, 0.1) is 17.5 Å². The first-order valence-corrected chi connectivity index (χ1v) is 18.0. The van der Waals surface area contributed by atoms with Gasteiger partial charge in [-0.05, 0) is 66.9 Å². The molecule has 1 aromatic carbocycles. The first-order chi connectivity index (χ1) is 18.2. The van der Waals surface area contributed by atoms with Gasteiger partial charge in [0.2, 0.25) is 7.98 Å². The van der Waals surface area contributed by atoms with Crippen LogP contribution in [0.5, 0.6) is 0 Å². The fourth-order valence-electron chi connectivity index (χ4n) is 5.76. The minimum Gasteiger partial charge on any atom is -0.414 e. The van der Waals surface area contributed by atoms with Crippen LogP contribution in [-0.2, 0) is 21.1 Å². The second-order valence-electron chi connectivity index (χ2n) is 12.5. The van der Waals surface area contributed by atoms with Gasteiger partial charge < -0.3 is 14.3 Å². The van der Waals surface area contributed by atoms with Crippen molar-refractivity contribution in [2.75, 3.05) is 11.9 Å². The topological polar surface area (TPSA) is 115 Å². The van der Waals surface area contributed by atoms with E-state index >= 15 is 0 Å². The molecule has 0 bridgehead atoms. The summed E-state index contributed by atoms with van der Waals surface area (Å²) < 4.78 is 33.6. The molecule has 2 aliphatic carbocycles. The number of aromatic nitrogens is 3. The molecule has 2 aliphatic rings. The molecule has 3 aromatic rings. The summed E-state index contributed by atoms with van der Waals surface area (Å²) in [7, 11) is -0.251. The fourth-order valence-corrected chi connectivity index (χ4v) is 7.56. The van der Waals surface area contributed by atoms with E-state index in [0.29, 0.717) is 6.42 Å². The number of benzene rings is 1. The minimum atomic E-state index is -4.00. The molecule has 2 heterocycles. The van der Waals surface area contributed by atoms with E-state index in [1.165, 1.54) is 11.1 Å². The van der Waals surface area contributed by atoms with Gasteiger partial charge in [0.1, 0.15) is 17.8 Å². The molecule has 0 spiro atoms. The number of nitrogens with two attached hydrogens (primary N) is 1. The zero-order valence-electron chi connectivity index (χ0n) is 23.5. The standard InChI is InChI=1S/C27H39BN6O3SSi/c1-27(2,3)39(4,5)37-24-15-20(14-19(24)16-34(28)38(29,35)36)33-13-12-22-25(30-17-31-26(22)33)32-23-11-10-18-8-6-7-9-21(18)23/h6-9,12-13,17,19-20,23-24H,10-11,14-16H2,1-5H3,(H2,29,35,36)(H,30,31,32)/t19-,20+,23?,24-/m0/s1. The van der Waals surface area contributed by atoms with Crippen LogP contribution >= 0.6 is 0 Å². The molecular weight excluding hydrogens is 527 g/mol. The largest absolute Gasteiger partial charge is 0.414 e. The summed E-state index contributed by atoms with van der Waals surface area (Å²) in [6.45, 7) is 11.1. The molecule has 0 saturated heterocycles. The first-order valence-electron chi connectivity index (χ1n) is 13.6. The fraction of sp³-hybridized carbons (Fsp3) is 0.556. The number of nitrogens with zero attached hydrogens (tertiary/aromatic N) is 4. The Hall–Kier alpha value is -2.25. The third-order valence-electron chi connectivity index (χ3n) is 8.94.